The van der Waals surface area contributed by atoms with Crippen LogP contribution in [0.2, 0.25) is 0 Å². The van der Waals surface area contributed by atoms with E-state index in [0.29, 0.717) is 12.4 Å². The highest BCUT2D eigenvalue weighted by molar-refractivity contribution is 7.89. The highest BCUT2D eigenvalue weighted by Gasteiger charge is 2.23. The van der Waals surface area contributed by atoms with E-state index in [9.17, 15) is 17.2 Å². The second-order valence-corrected chi connectivity index (χ2v) is 6.81. The van der Waals surface area contributed by atoms with Gasteiger partial charge in [0.15, 0.2) is 0 Å². The van der Waals surface area contributed by atoms with Crippen molar-refractivity contribution < 1.29 is 21.9 Å². The minimum atomic E-state index is -3.87. The van der Waals surface area contributed by atoms with Crippen molar-refractivity contribution in [2.75, 3.05) is 6.61 Å². The van der Waals surface area contributed by atoms with E-state index < -0.39 is 22.1 Å². The molecule has 0 radical (unpaired) electrons. The first-order chi connectivity index (χ1) is 10.9. The molecular formula is C13H14F2N4O3S. The van der Waals surface area contributed by atoms with Crippen molar-refractivity contribution >= 4 is 10.0 Å². The molecule has 1 N–H and O–H groups in total. The molecule has 7 nitrogen and oxygen atoms in total. The van der Waals surface area contributed by atoms with Crippen molar-refractivity contribution in [2.24, 2.45) is 7.05 Å². The van der Waals surface area contributed by atoms with Crippen LogP contribution in [-0.2, 0) is 30.0 Å². The number of hydrogen-bond acceptors (Lipinski definition) is 5. The third-order valence-electron chi connectivity index (χ3n) is 3.56. The Morgan fingerprint density at radius 1 is 1.43 bits per heavy atom. The Labute approximate surface area is 131 Å². The van der Waals surface area contributed by atoms with Gasteiger partial charge in [0.1, 0.15) is 17.1 Å². The number of alkyl halides is 2. The van der Waals surface area contributed by atoms with Gasteiger partial charge >= 0.3 is 0 Å². The zero-order chi connectivity index (χ0) is 16.6. The van der Waals surface area contributed by atoms with Crippen LogP contribution in [0, 0.1) is 0 Å². The minimum Gasteiger partial charge on any atom is -0.493 e. The van der Waals surface area contributed by atoms with E-state index in [0.717, 1.165) is 16.7 Å². The van der Waals surface area contributed by atoms with Crippen LogP contribution in [0.5, 0.6) is 5.75 Å². The molecule has 0 aliphatic carbocycles. The van der Waals surface area contributed by atoms with Gasteiger partial charge in [-0.1, -0.05) is 11.3 Å². The third kappa shape index (κ3) is 3.04. The standard InChI is InChI=1S/C13H14F2N4O3S/c1-19-12(13(14)15)10(17-18-19)7-16-23(20,21)9-3-2-8-4-5-22-11(8)6-9/h2-3,6,13,16H,4-5,7H2,1H3. The lowest BCUT2D eigenvalue weighted by Crippen LogP contribution is -2.24. The Morgan fingerprint density at radius 3 is 2.96 bits per heavy atom. The summed E-state index contributed by atoms with van der Waals surface area (Å²) in [6.45, 7) is 0.150. The van der Waals surface area contributed by atoms with Crippen LogP contribution in [0.4, 0.5) is 8.78 Å². The molecule has 0 bridgehead atoms. The Balaban J connectivity index is 1.80. The van der Waals surface area contributed by atoms with Gasteiger partial charge in [-0.15, -0.1) is 5.10 Å². The molecule has 0 spiro atoms. The maximum atomic E-state index is 12.9. The molecule has 1 aromatic carbocycles. The Bertz CT molecular complexity index is 836. The van der Waals surface area contributed by atoms with E-state index >= 15 is 0 Å². The van der Waals surface area contributed by atoms with Crippen LogP contribution in [0.25, 0.3) is 0 Å². The normalized spacial score (nSPS) is 14.1. The van der Waals surface area contributed by atoms with Gasteiger partial charge in [0.25, 0.3) is 6.43 Å². The highest BCUT2D eigenvalue weighted by atomic mass is 32.2. The highest BCUT2D eigenvalue weighted by Crippen LogP contribution is 2.28. The van der Waals surface area contributed by atoms with Gasteiger partial charge in [-0.05, 0) is 11.6 Å². The summed E-state index contributed by atoms with van der Waals surface area (Å²) in [6, 6.07) is 4.57. The lowest BCUT2D eigenvalue weighted by molar-refractivity contribution is 0.139. The number of fused-ring (bicyclic) bond motifs is 1. The van der Waals surface area contributed by atoms with Crippen LogP contribution >= 0.6 is 0 Å². The first-order valence-electron chi connectivity index (χ1n) is 6.80. The van der Waals surface area contributed by atoms with Crippen LogP contribution in [-0.4, -0.2) is 30.0 Å². The molecule has 0 fully saturated rings. The van der Waals surface area contributed by atoms with E-state index in [1.807, 2.05) is 0 Å². The van der Waals surface area contributed by atoms with Crippen molar-refractivity contribution in [1.82, 2.24) is 19.7 Å². The molecule has 10 heteroatoms. The number of aromatic nitrogens is 3. The predicted molar refractivity (Wildman–Crippen MR) is 75.6 cm³/mol. The van der Waals surface area contributed by atoms with E-state index in [-0.39, 0.29) is 17.1 Å². The maximum absolute atomic E-state index is 12.9. The second kappa shape index (κ2) is 5.85. The summed E-state index contributed by atoms with van der Waals surface area (Å²) in [5.41, 5.74) is 0.423. The predicted octanol–water partition coefficient (Wildman–Crippen LogP) is 1.17. The quantitative estimate of drug-likeness (QED) is 0.880. The molecule has 0 atom stereocenters. The fraction of sp³-hybridized carbons (Fsp3) is 0.385. The largest absolute Gasteiger partial charge is 0.493 e. The van der Waals surface area contributed by atoms with Gasteiger partial charge in [-0.2, -0.15) is 0 Å². The van der Waals surface area contributed by atoms with Crippen LogP contribution in [0.15, 0.2) is 23.1 Å². The topological polar surface area (TPSA) is 86.1 Å². The third-order valence-corrected chi connectivity index (χ3v) is 4.96. The number of benzene rings is 1. The molecule has 23 heavy (non-hydrogen) atoms. The summed E-state index contributed by atoms with van der Waals surface area (Å²) in [4.78, 5) is 0.0145. The van der Waals surface area contributed by atoms with E-state index in [1.165, 1.54) is 19.2 Å². The molecule has 1 aromatic heterocycles. The van der Waals surface area contributed by atoms with Crippen LogP contribution in [0.1, 0.15) is 23.4 Å². The second-order valence-electron chi connectivity index (χ2n) is 5.04. The van der Waals surface area contributed by atoms with Crippen molar-refractivity contribution in [3.63, 3.8) is 0 Å². The van der Waals surface area contributed by atoms with E-state index in [1.54, 1.807) is 6.07 Å². The number of sulfonamides is 1. The summed E-state index contributed by atoms with van der Waals surface area (Å²) < 4.78 is 58.9. The molecule has 1 aliphatic rings. The number of aryl methyl sites for hydroxylation is 1. The van der Waals surface area contributed by atoms with Gasteiger partial charge in [-0.25, -0.2) is 26.6 Å². The molecule has 0 amide bonds. The van der Waals surface area contributed by atoms with E-state index in [2.05, 4.69) is 15.0 Å². The van der Waals surface area contributed by atoms with Crippen molar-refractivity contribution in [3.8, 4) is 5.75 Å². The molecule has 1 aliphatic heterocycles. The van der Waals surface area contributed by atoms with Crippen molar-refractivity contribution in [1.29, 1.82) is 0 Å². The Hall–Kier alpha value is -2.07. The zero-order valence-electron chi connectivity index (χ0n) is 12.2. The van der Waals surface area contributed by atoms with Gasteiger partial charge in [0.05, 0.1) is 18.0 Å². The number of ether oxygens (including phenoxy) is 1. The first-order valence-corrected chi connectivity index (χ1v) is 8.29. The Kier molecular flexibility index (Phi) is 4.02. The molecule has 0 saturated heterocycles. The average molecular weight is 344 g/mol. The van der Waals surface area contributed by atoms with Crippen LogP contribution in [0.3, 0.4) is 0 Å². The lowest BCUT2D eigenvalue weighted by atomic mass is 10.2. The lowest BCUT2D eigenvalue weighted by Gasteiger charge is -2.08. The number of halogens is 2. The number of hydrogen-bond donors (Lipinski definition) is 1. The monoisotopic (exact) mass is 344 g/mol. The zero-order valence-corrected chi connectivity index (χ0v) is 13.0. The molecule has 2 heterocycles. The van der Waals surface area contributed by atoms with E-state index in [4.69, 9.17) is 4.74 Å². The van der Waals surface area contributed by atoms with Crippen molar-refractivity contribution in [3.05, 3.63) is 35.2 Å². The molecule has 124 valence electrons. The smallest absolute Gasteiger partial charge is 0.281 e. The number of rotatable bonds is 5. The molecular weight excluding hydrogens is 330 g/mol. The van der Waals surface area contributed by atoms with Crippen LogP contribution < -0.4 is 9.46 Å². The number of nitrogens with one attached hydrogen (secondary N) is 1. The number of nitrogens with zero attached hydrogens (tertiary/aromatic N) is 3. The summed E-state index contributed by atoms with van der Waals surface area (Å²) in [7, 11) is -2.54. The molecule has 2 aromatic rings. The van der Waals surface area contributed by atoms with Gasteiger partial charge in [0, 0.05) is 19.5 Å². The van der Waals surface area contributed by atoms with Gasteiger partial charge in [0.2, 0.25) is 10.0 Å². The fourth-order valence-corrected chi connectivity index (χ4v) is 3.36. The fourth-order valence-electron chi connectivity index (χ4n) is 2.36. The molecule has 0 saturated carbocycles. The minimum absolute atomic E-state index is 0.0145. The summed E-state index contributed by atoms with van der Waals surface area (Å²) in [5, 5.41) is 7.06. The average Bonchev–Trinajstić information content (AvgIpc) is 3.10. The van der Waals surface area contributed by atoms with Gasteiger partial charge < -0.3 is 4.74 Å². The summed E-state index contributed by atoms with van der Waals surface area (Å²) in [5.74, 6) is 0.528. The first kappa shape index (κ1) is 15.8. The summed E-state index contributed by atoms with van der Waals surface area (Å²) >= 11 is 0. The molecule has 0 unspecified atom stereocenters. The van der Waals surface area contributed by atoms with Gasteiger partial charge in [-0.3, -0.25) is 0 Å². The molecule has 3 rings (SSSR count). The SMILES string of the molecule is Cn1nnc(CNS(=O)(=O)c2ccc3c(c2)OCC3)c1C(F)F. The van der Waals surface area contributed by atoms with Crippen molar-refractivity contribution in [2.45, 2.75) is 24.3 Å². The maximum Gasteiger partial charge on any atom is 0.281 e. The Morgan fingerprint density at radius 2 is 2.22 bits per heavy atom. The summed E-state index contributed by atoms with van der Waals surface area (Å²) in [6.07, 6.45) is -2.05.